The van der Waals surface area contributed by atoms with Crippen LogP contribution in [0.3, 0.4) is 0 Å². The highest BCUT2D eigenvalue weighted by Crippen LogP contribution is 2.24. The monoisotopic (exact) mass is 269 g/mol. The van der Waals surface area contributed by atoms with E-state index in [0.29, 0.717) is 24.2 Å². The van der Waals surface area contributed by atoms with Crippen LogP contribution in [0.1, 0.15) is 20.3 Å². The number of rotatable bonds is 7. The van der Waals surface area contributed by atoms with Crippen molar-refractivity contribution in [1.29, 1.82) is 0 Å². The van der Waals surface area contributed by atoms with E-state index in [1.165, 1.54) is 0 Å². The van der Waals surface area contributed by atoms with Gasteiger partial charge in [0.1, 0.15) is 5.82 Å². The second-order valence-corrected chi connectivity index (χ2v) is 5.22. The Morgan fingerprint density at radius 1 is 1.50 bits per heavy atom. The van der Waals surface area contributed by atoms with Gasteiger partial charge in [0.25, 0.3) is 0 Å². The Hall–Kier alpha value is -1.10. The number of aromatic nitrogens is 1. The molecule has 1 aromatic rings. The fourth-order valence-corrected chi connectivity index (χ4v) is 2.17. The van der Waals surface area contributed by atoms with E-state index >= 15 is 0 Å². The lowest BCUT2D eigenvalue weighted by molar-refractivity contribution is 0.329. The van der Waals surface area contributed by atoms with Crippen molar-refractivity contribution >= 4 is 23.3 Å². The maximum atomic E-state index is 5.82. The van der Waals surface area contributed by atoms with Gasteiger partial charge in [-0.1, -0.05) is 0 Å². The lowest BCUT2D eigenvalue weighted by atomic mass is 10.2. The summed E-state index contributed by atoms with van der Waals surface area (Å²) in [5.74, 6) is 2.58. The molecule has 0 saturated heterocycles. The van der Waals surface area contributed by atoms with Crippen molar-refractivity contribution in [2.75, 3.05) is 36.3 Å². The van der Waals surface area contributed by atoms with E-state index in [1.54, 1.807) is 0 Å². The number of pyridine rings is 1. The van der Waals surface area contributed by atoms with Crippen LogP contribution in [-0.2, 0) is 0 Å². The highest BCUT2D eigenvalue weighted by molar-refractivity contribution is 7.98. The highest BCUT2D eigenvalue weighted by atomic mass is 32.2. The molecular formula is C13H23N3OS. The van der Waals surface area contributed by atoms with Crippen molar-refractivity contribution in [2.45, 2.75) is 26.3 Å². The van der Waals surface area contributed by atoms with Crippen molar-refractivity contribution < 1.29 is 4.74 Å². The first-order valence-corrected chi connectivity index (χ1v) is 7.60. The molecule has 5 heteroatoms. The van der Waals surface area contributed by atoms with E-state index < -0.39 is 0 Å². The van der Waals surface area contributed by atoms with Crippen LogP contribution >= 0.6 is 11.8 Å². The van der Waals surface area contributed by atoms with Crippen molar-refractivity contribution in [2.24, 2.45) is 0 Å². The largest absolute Gasteiger partial charge is 0.476 e. The van der Waals surface area contributed by atoms with Crippen molar-refractivity contribution in [3.8, 4) is 5.88 Å². The summed E-state index contributed by atoms with van der Waals surface area (Å²) in [7, 11) is 2.05. The molecule has 1 heterocycles. The molecule has 0 bridgehead atoms. The van der Waals surface area contributed by atoms with Gasteiger partial charge in [0.2, 0.25) is 5.88 Å². The molecule has 18 heavy (non-hydrogen) atoms. The molecular weight excluding hydrogens is 246 g/mol. The van der Waals surface area contributed by atoms with E-state index in [4.69, 9.17) is 10.5 Å². The molecule has 0 radical (unpaired) electrons. The van der Waals surface area contributed by atoms with E-state index in [1.807, 2.05) is 30.8 Å². The van der Waals surface area contributed by atoms with Crippen LogP contribution in [0.2, 0.25) is 0 Å². The van der Waals surface area contributed by atoms with Crippen LogP contribution in [0.5, 0.6) is 5.88 Å². The fourth-order valence-electron chi connectivity index (χ4n) is 1.60. The summed E-state index contributed by atoms with van der Waals surface area (Å²) < 4.78 is 5.42. The minimum atomic E-state index is 0.447. The van der Waals surface area contributed by atoms with Gasteiger partial charge in [-0.3, -0.25) is 0 Å². The fraction of sp³-hybridized carbons (Fsp3) is 0.615. The maximum Gasteiger partial charge on any atom is 0.239 e. The Labute approximate surface area is 114 Å². The number of nitrogen functional groups attached to an aromatic ring is 1. The van der Waals surface area contributed by atoms with Gasteiger partial charge >= 0.3 is 0 Å². The van der Waals surface area contributed by atoms with Gasteiger partial charge in [0, 0.05) is 13.1 Å². The molecule has 0 aromatic carbocycles. The van der Waals surface area contributed by atoms with Gasteiger partial charge in [-0.05, 0) is 44.4 Å². The van der Waals surface area contributed by atoms with Gasteiger partial charge in [-0.2, -0.15) is 16.7 Å². The number of nitrogens with two attached hydrogens (primary N) is 1. The molecule has 1 rings (SSSR count). The zero-order chi connectivity index (χ0) is 13.5. The molecule has 0 aliphatic heterocycles. The summed E-state index contributed by atoms with van der Waals surface area (Å²) in [6.45, 7) is 4.71. The summed E-state index contributed by atoms with van der Waals surface area (Å²) in [6.07, 6.45) is 3.26. The summed E-state index contributed by atoms with van der Waals surface area (Å²) in [6, 6.07) is 4.24. The molecule has 0 aliphatic carbocycles. The van der Waals surface area contributed by atoms with Crippen LogP contribution in [0.25, 0.3) is 0 Å². The normalized spacial score (nSPS) is 12.2. The van der Waals surface area contributed by atoms with Gasteiger partial charge in [-0.15, -0.1) is 0 Å². The standard InChI is InChI=1S/C13H23N3OS/c1-5-17-13-11(14)6-7-12(15-13)16(3)10(2)8-9-18-4/h6-7,10H,5,8-9,14H2,1-4H3. The predicted molar refractivity (Wildman–Crippen MR) is 80.7 cm³/mol. The molecule has 1 aromatic heterocycles. The summed E-state index contributed by atoms with van der Waals surface area (Å²) in [4.78, 5) is 6.63. The van der Waals surface area contributed by atoms with Gasteiger partial charge < -0.3 is 15.4 Å². The lowest BCUT2D eigenvalue weighted by Crippen LogP contribution is -2.30. The Morgan fingerprint density at radius 3 is 2.83 bits per heavy atom. The maximum absolute atomic E-state index is 5.82. The third-order valence-electron chi connectivity index (χ3n) is 2.92. The Morgan fingerprint density at radius 2 is 2.22 bits per heavy atom. The number of hydrogen-bond donors (Lipinski definition) is 1. The SMILES string of the molecule is CCOc1nc(N(C)C(C)CCSC)ccc1N. The molecule has 0 fully saturated rings. The number of anilines is 2. The van der Waals surface area contributed by atoms with Crippen molar-refractivity contribution in [3.05, 3.63) is 12.1 Å². The second-order valence-electron chi connectivity index (χ2n) is 4.24. The molecule has 4 nitrogen and oxygen atoms in total. The lowest BCUT2D eigenvalue weighted by Gasteiger charge is -2.26. The molecule has 102 valence electrons. The summed E-state index contributed by atoms with van der Waals surface area (Å²) in [5, 5.41) is 0. The van der Waals surface area contributed by atoms with Gasteiger partial charge in [0.05, 0.1) is 12.3 Å². The topological polar surface area (TPSA) is 51.4 Å². The third-order valence-corrected chi connectivity index (χ3v) is 3.56. The minimum absolute atomic E-state index is 0.447. The van der Waals surface area contributed by atoms with Gasteiger partial charge in [0.15, 0.2) is 0 Å². The Bertz CT molecular complexity index is 373. The first-order valence-electron chi connectivity index (χ1n) is 6.21. The average molecular weight is 269 g/mol. The van der Waals surface area contributed by atoms with Crippen LogP contribution in [0.4, 0.5) is 11.5 Å². The quantitative estimate of drug-likeness (QED) is 0.824. The predicted octanol–water partition coefficient (Wildman–Crippen LogP) is 2.64. The average Bonchev–Trinajstić information content (AvgIpc) is 2.38. The zero-order valence-corrected chi connectivity index (χ0v) is 12.5. The molecule has 2 N–H and O–H groups in total. The Kier molecular flexibility index (Phi) is 6.12. The highest BCUT2D eigenvalue weighted by Gasteiger charge is 2.13. The van der Waals surface area contributed by atoms with Crippen molar-refractivity contribution in [1.82, 2.24) is 4.98 Å². The second kappa shape index (κ2) is 7.36. The summed E-state index contributed by atoms with van der Waals surface area (Å²) in [5.41, 5.74) is 6.41. The number of nitrogens with zero attached hydrogens (tertiary/aromatic N) is 2. The zero-order valence-electron chi connectivity index (χ0n) is 11.6. The number of thioether (sulfide) groups is 1. The number of ether oxygens (including phenoxy) is 1. The summed E-state index contributed by atoms with van der Waals surface area (Å²) >= 11 is 1.86. The molecule has 1 atom stereocenters. The molecule has 0 amide bonds. The Balaban J connectivity index is 2.78. The van der Waals surface area contributed by atoms with Gasteiger partial charge in [-0.25, -0.2) is 0 Å². The van der Waals surface area contributed by atoms with Crippen molar-refractivity contribution in [3.63, 3.8) is 0 Å². The molecule has 0 aliphatic rings. The first kappa shape index (κ1) is 15.0. The van der Waals surface area contributed by atoms with E-state index in [0.717, 1.165) is 18.0 Å². The molecule has 1 unspecified atom stereocenters. The van der Waals surface area contributed by atoms with Crippen LogP contribution < -0.4 is 15.4 Å². The van der Waals surface area contributed by atoms with Crippen LogP contribution in [0.15, 0.2) is 12.1 Å². The smallest absolute Gasteiger partial charge is 0.239 e. The van der Waals surface area contributed by atoms with Crippen LogP contribution in [-0.4, -0.2) is 36.7 Å². The van der Waals surface area contributed by atoms with Crippen LogP contribution in [0, 0.1) is 0 Å². The molecule has 0 saturated carbocycles. The first-order chi connectivity index (χ1) is 8.60. The van der Waals surface area contributed by atoms with E-state index in [-0.39, 0.29) is 0 Å². The number of hydrogen-bond acceptors (Lipinski definition) is 5. The molecule has 0 spiro atoms. The minimum Gasteiger partial charge on any atom is -0.476 e. The third kappa shape index (κ3) is 3.98. The van der Waals surface area contributed by atoms with E-state index in [9.17, 15) is 0 Å². The van der Waals surface area contributed by atoms with E-state index in [2.05, 4.69) is 30.1 Å².